The highest BCUT2D eigenvalue weighted by atomic mass is 16.5. The predicted octanol–water partition coefficient (Wildman–Crippen LogP) is 1.74. The first-order valence-electron chi connectivity index (χ1n) is 4.82. The fourth-order valence-electron chi connectivity index (χ4n) is 1.14. The van der Waals surface area contributed by atoms with Gasteiger partial charge in [0.05, 0.1) is 12.2 Å². The molecule has 82 valence electrons. The van der Waals surface area contributed by atoms with Crippen LogP contribution in [0.5, 0.6) is 0 Å². The van der Waals surface area contributed by atoms with Crippen LogP contribution in [-0.4, -0.2) is 12.6 Å². The molecule has 1 aromatic carbocycles. The number of esters is 1. The van der Waals surface area contributed by atoms with Gasteiger partial charge in [-0.3, -0.25) is 0 Å². The van der Waals surface area contributed by atoms with Gasteiger partial charge in [0.15, 0.2) is 0 Å². The van der Waals surface area contributed by atoms with E-state index in [2.05, 4.69) is 0 Å². The van der Waals surface area contributed by atoms with Crippen molar-refractivity contribution < 1.29 is 9.53 Å². The second-order valence-corrected chi connectivity index (χ2v) is 3.04. The van der Waals surface area contributed by atoms with Gasteiger partial charge >= 0.3 is 5.97 Å². The molecule has 4 heteroatoms. The van der Waals surface area contributed by atoms with Crippen molar-refractivity contribution in [3.63, 3.8) is 0 Å². The van der Waals surface area contributed by atoms with Crippen LogP contribution in [-0.2, 0) is 9.53 Å². The van der Waals surface area contributed by atoms with Gasteiger partial charge in [0, 0.05) is 11.8 Å². The number of hydrogen-bond acceptors (Lipinski definition) is 4. The van der Waals surface area contributed by atoms with Crippen molar-refractivity contribution in [2.75, 3.05) is 12.3 Å². The molecule has 16 heavy (non-hydrogen) atoms. The van der Waals surface area contributed by atoms with Gasteiger partial charge in [-0.05, 0) is 24.6 Å². The molecule has 0 radical (unpaired) electrons. The molecule has 0 unspecified atom stereocenters. The molecule has 0 aliphatic rings. The molecule has 0 heterocycles. The van der Waals surface area contributed by atoms with E-state index in [-0.39, 0.29) is 12.2 Å². The van der Waals surface area contributed by atoms with E-state index < -0.39 is 5.97 Å². The number of rotatable bonds is 3. The number of benzene rings is 1. The Kier molecular flexibility index (Phi) is 4.10. The second-order valence-electron chi connectivity index (χ2n) is 3.04. The summed E-state index contributed by atoms with van der Waals surface area (Å²) in [6.45, 7) is 2.00. The van der Waals surface area contributed by atoms with E-state index in [0.717, 1.165) is 0 Å². The number of allylic oxidation sites excluding steroid dienone is 1. The first-order chi connectivity index (χ1) is 7.67. The number of nitrogens with two attached hydrogens (primary N) is 1. The smallest absolute Gasteiger partial charge is 0.332 e. The summed E-state index contributed by atoms with van der Waals surface area (Å²) < 4.78 is 4.73. The third-order valence-corrected chi connectivity index (χ3v) is 1.89. The number of nitrogens with zero attached hydrogens (tertiary/aromatic N) is 1. The lowest BCUT2D eigenvalue weighted by molar-refractivity contribution is -0.137. The van der Waals surface area contributed by atoms with E-state index in [1.807, 2.05) is 6.07 Å². The maximum atomic E-state index is 11.2. The molecule has 0 bridgehead atoms. The van der Waals surface area contributed by atoms with Crippen LogP contribution in [0.3, 0.4) is 0 Å². The number of carbonyl (C=O) groups excluding carboxylic acids is 1. The van der Waals surface area contributed by atoms with Crippen molar-refractivity contribution in [1.29, 1.82) is 5.26 Å². The second kappa shape index (κ2) is 5.56. The summed E-state index contributed by atoms with van der Waals surface area (Å²) in [5.74, 6) is -0.518. The zero-order chi connectivity index (χ0) is 12.0. The van der Waals surface area contributed by atoms with Crippen molar-refractivity contribution in [2.24, 2.45) is 0 Å². The van der Waals surface area contributed by atoms with Gasteiger partial charge in [0.2, 0.25) is 0 Å². The van der Waals surface area contributed by atoms with Crippen LogP contribution in [0.1, 0.15) is 12.5 Å². The molecule has 0 saturated heterocycles. The quantitative estimate of drug-likeness (QED) is 0.361. The van der Waals surface area contributed by atoms with Gasteiger partial charge in [-0.25, -0.2) is 4.79 Å². The van der Waals surface area contributed by atoms with Crippen molar-refractivity contribution in [2.45, 2.75) is 6.92 Å². The maximum absolute atomic E-state index is 11.2. The Bertz CT molecular complexity index is 441. The first kappa shape index (κ1) is 11.8. The molecule has 0 aliphatic heterocycles. The Morgan fingerprint density at radius 2 is 2.12 bits per heavy atom. The van der Waals surface area contributed by atoms with Gasteiger partial charge in [-0.2, -0.15) is 5.26 Å². The minimum atomic E-state index is -0.518. The minimum Gasteiger partial charge on any atom is -0.463 e. The summed E-state index contributed by atoms with van der Waals surface area (Å²) in [4.78, 5) is 11.2. The van der Waals surface area contributed by atoms with Crippen LogP contribution >= 0.6 is 0 Å². The lowest BCUT2D eigenvalue weighted by Gasteiger charge is -2.00. The van der Waals surface area contributed by atoms with Gasteiger partial charge in [0.1, 0.15) is 6.07 Å². The molecule has 0 fully saturated rings. The van der Waals surface area contributed by atoms with Crippen LogP contribution in [0.2, 0.25) is 0 Å². The van der Waals surface area contributed by atoms with E-state index in [0.29, 0.717) is 11.3 Å². The molecular weight excluding hydrogens is 204 g/mol. The molecule has 4 nitrogen and oxygen atoms in total. The van der Waals surface area contributed by atoms with E-state index in [1.54, 1.807) is 31.2 Å². The summed E-state index contributed by atoms with van der Waals surface area (Å²) in [6.07, 6.45) is 1.18. The van der Waals surface area contributed by atoms with Crippen LogP contribution in [0.25, 0.3) is 5.57 Å². The van der Waals surface area contributed by atoms with Gasteiger partial charge in [-0.1, -0.05) is 12.1 Å². The molecular formula is C12H12N2O2. The Labute approximate surface area is 93.9 Å². The third kappa shape index (κ3) is 3.14. The Morgan fingerprint density at radius 3 is 2.62 bits per heavy atom. The normalized spacial score (nSPS) is 10.6. The van der Waals surface area contributed by atoms with Crippen molar-refractivity contribution in [3.8, 4) is 6.07 Å². The van der Waals surface area contributed by atoms with Crippen molar-refractivity contribution in [3.05, 3.63) is 35.9 Å². The summed E-state index contributed by atoms with van der Waals surface area (Å²) in [7, 11) is 0. The largest absolute Gasteiger partial charge is 0.463 e. The van der Waals surface area contributed by atoms with Crippen LogP contribution in [0.15, 0.2) is 30.3 Å². The molecule has 1 aromatic rings. The SMILES string of the molecule is CCOC(=O)C=C(C#N)c1ccc(N)cc1. The molecule has 0 amide bonds. The first-order valence-corrected chi connectivity index (χ1v) is 4.82. The summed E-state index contributed by atoms with van der Waals surface area (Å²) in [6, 6.07) is 8.66. The zero-order valence-corrected chi connectivity index (χ0v) is 8.93. The lowest BCUT2D eigenvalue weighted by atomic mass is 10.1. The number of ether oxygens (including phenoxy) is 1. The van der Waals surface area contributed by atoms with Gasteiger partial charge < -0.3 is 10.5 Å². The molecule has 0 atom stereocenters. The topological polar surface area (TPSA) is 76.1 Å². The predicted molar refractivity (Wildman–Crippen MR) is 61.1 cm³/mol. The summed E-state index contributed by atoms with van der Waals surface area (Å²) in [5.41, 5.74) is 7.04. The molecule has 0 aromatic heterocycles. The van der Waals surface area contributed by atoms with E-state index >= 15 is 0 Å². The fourth-order valence-corrected chi connectivity index (χ4v) is 1.14. The number of nitrogen functional groups attached to an aromatic ring is 1. The Hall–Kier alpha value is -2.28. The van der Waals surface area contributed by atoms with E-state index in [4.69, 9.17) is 15.7 Å². The van der Waals surface area contributed by atoms with Crippen molar-refractivity contribution >= 4 is 17.2 Å². The van der Waals surface area contributed by atoms with E-state index in [9.17, 15) is 4.79 Å². The molecule has 0 saturated carbocycles. The molecule has 2 N–H and O–H groups in total. The average Bonchev–Trinajstić information content (AvgIpc) is 2.27. The van der Waals surface area contributed by atoms with E-state index in [1.165, 1.54) is 6.08 Å². The van der Waals surface area contributed by atoms with Crippen LogP contribution in [0, 0.1) is 11.3 Å². The molecule has 1 rings (SSSR count). The maximum Gasteiger partial charge on any atom is 0.332 e. The number of carbonyl (C=O) groups is 1. The molecule has 0 aliphatic carbocycles. The zero-order valence-electron chi connectivity index (χ0n) is 8.93. The minimum absolute atomic E-state index is 0.262. The van der Waals surface area contributed by atoms with Crippen LogP contribution < -0.4 is 5.73 Å². The number of nitriles is 1. The highest BCUT2D eigenvalue weighted by Crippen LogP contribution is 2.15. The lowest BCUT2D eigenvalue weighted by Crippen LogP contribution is -2.00. The fraction of sp³-hybridized carbons (Fsp3) is 0.167. The highest BCUT2D eigenvalue weighted by Gasteiger charge is 2.04. The Morgan fingerprint density at radius 1 is 1.50 bits per heavy atom. The van der Waals surface area contributed by atoms with Crippen LogP contribution in [0.4, 0.5) is 5.69 Å². The monoisotopic (exact) mass is 216 g/mol. The van der Waals surface area contributed by atoms with Gasteiger partial charge in [-0.15, -0.1) is 0 Å². The third-order valence-electron chi connectivity index (χ3n) is 1.89. The number of hydrogen-bond donors (Lipinski definition) is 1. The summed E-state index contributed by atoms with van der Waals surface area (Å²) in [5, 5.41) is 8.91. The molecule has 0 spiro atoms. The van der Waals surface area contributed by atoms with Crippen molar-refractivity contribution in [1.82, 2.24) is 0 Å². The number of anilines is 1. The summed E-state index contributed by atoms with van der Waals surface area (Å²) >= 11 is 0. The average molecular weight is 216 g/mol. The Balaban J connectivity index is 2.95. The standard InChI is InChI=1S/C12H12N2O2/c1-2-16-12(15)7-10(8-13)9-3-5-11(14)6-4-9/h3-7H,2,14H2,1H3. The highest BCUT2D eigenvalue weighted by molar-refractivity contribution is 5.95. The van der Waals surface area contributed by atoms with Gasteiger partial charge in [0.25, 0.3) is 0 Å².